The molecule has 5 atom stereocenters. The summed E-state index contributed by atoms with van der Waals surface area (Å²) in [5.41, 5.74) is 6.87. The van der Waals surface area contributed by atoms with Gasteiger partial charge in [0.1, 0.15) is 17.5 Å². The third-order valence-electron chi connectivity index (χ3n) is 7.78. The maximum absolute atomic E-state index is 15.4. The number of nitrogens with two attached hydrogens (primary N) is 1. The largest absolute Gasteiger partial charge is 0.391 e. The topological polar surface area (TPSA) is 105 Å². The van der Waals surface area contributed by atoms with Crippen molar-refractivity contribution in [2.24, 2.45) is 11.7 Å². The van der Waals surface area contributed by atoms with E-state index >= 15 is 4.39 Å². The summed E-state index contributed by atoms with van der Waals surface area (Å²) < 4.78 is 26.7. The fourth-order valence-corrected chi connectivity index (χ4v) is 5.74. The van der Waals surface area contributed by atoms with E-state index < -0.39 is 29.7 Å². The molecule has 1 aliphatic heterocycles. The quantitative estimate of drug-likeness (QED) is 0.444. The van der Waals surface area contributed by atoms with Crippen molar-refractivity contribution >= 4 is 5.91 Å². The van der Waals surface area contributed by atoms with Gasteiger partial charge in [0.15, 0.2) is 0 Å². The third kappa shape index (κ3) is 6.04. The molecule has 0 bridgehead atoms. The van der Waals surface area contributed by atoms with Gasteiger partial charge in [-0.25, -0.2) is 4.39 Å². The molecular formula is C29H39FN2O5. The number of halogens is 1. The summed E-state index contributed by atoms with van der Waals surface area (Å²) >= 11 is 0. The number of amides is 1. The van der Waals surface area contributed by atoms with Crippen LogP contribution in [-0.2, 0) is 19.9 Å². The van der Waals surface area contributed by atoms with E-state index in [1.54, 1.807) is 24.1 Å². The number of aliphatic hydroxyl groups excluding tert-OH is 1. The summed E-state index contributed by atoms with van der Waals surface area (Å²) in [5, 5.41) is 22.4. The zero-order chi connectivity index (χ0) is 26.6. The lowest BCUT2D eigenvalue weighted by atomic mass is 9.78. The molecule has 37 heavy (non-hydrogen) atoms. The van der Waals surface area contributed by atoms with Gasteiger partial charge in [-0.05, 0) is 56.2 Å². The van der Waals surface area contributed by atoms with Crippen LogP contribution in [0.2, 0.25) is 0 Å². The highest BCUT2D eigenvalue weighted by Crippen LogP contribution is 2.41. The van der Waals surface area contributed by atoms with Gasteiger partial charge in [0, 0.05) is 37.8 Å². The highest BCUT2D eigenvalue weighted by Gasteiger charge is 2.46. The molecule has 202 valence electrons. The molecule has 8 heteroatoms. The molecule has 0 aromatic heterocycles. The molecule has 2 fully saturated rings. The molecule has 0 unspecified atom stereocenters. The Labute approximate surface area is 218 Å². The zero-order valence-electron chi connectivity index (χ0n) is 21.7. The van der Waals surface area contributed by atoms with Gasteiger partial charge in [-0.15, -0.1) is 0 Å². The number of carbonyl (C=O) groups excluding carboxylic acids is 1. The molecule has 7 nitrogen and oxygen atoms in total. The van der Waals surface area contributed by atoms with Crippen molar-refractivity contribution in [3.63, 3.8) is 0 Å². The molecule has 4 rings (SSSR count). The van der Waals surface area contributed by atoms with Crippen LogP contribution in [0.25, 0.3) is 11.1 Å². The first-order chi connectivity index (χ1) is 17.7. The number of rotatable bonds is 9. The van der Waals surface area contributed by atoms with Gasteiger partial charge >= 0.3 is 0 Å². The van der Waals surface area contributed by atoms with Crippen LogP contribution in [0, 0.1) is 18.7 Å². The molecule has 2 aromatic carbocycles. The van der Waals surface area contributed by atoms with E-state index in [4.69, 9.17) is 15.2 Å². The smallest absolute Gasteiger partial charge is 0.226 e. The number of carbonyl (C=O) groups is 1. The molecule has 0 radical (unpaired) electrons. The number of benzene rings is 2. The number of unbranched alkanes of at least 4 members (excludes halogenated alkanes) is 1. The van der Waals surface area contributed by atoms with Crippen LogP contribution in [0.5, 0.6) is 0 Å². The van der Waals surface area contributed by atoms with E-state index in [9.17, 15) is 15.0 Å². The minimum absolute atomic E-state index is 0.0832. The molecule has 1 aliphatic carbocycles. The average Bonchev–Trinajstić information content (AvgIpc) is 3.23. The van der Waals surface area contributed by atoms with Crippen LogP contribution in [0.3, 0.4) is 0 Å². The normalized spacial score (nSPS) is 25.7. The maximum Gasteiger partial charge on any atom is 0.226 e. The number of nitrogens with zero attached hydrogens (tertiary/aromatic N) is 1. The van der Waals surface area contributed by atoms with E-state index in [0.29, 0.717) is 55.5 Å². The van der Waals surface area contributed by atoms with E-state index in [-0.39, 0.29) is 25.0 Å². The third-order valence-corrected chi connectivity index (χ3v) is 7.78. The first-order valence-electron chi connectivity index (χ1n) is 13.2. The summed E-state index contributed by atoms with van der Waals surface area (Å²) in [5.74, 6) is -0.855. The SMILES string of the molecule is COCCCC[C@](O)(c1cccc(F)c1-c1cccc(C)c1)[C@H]1CN(C(=O)[C@H]2C[C@@H](N)[C@@H](O)C2)CCO1. The van der Waals surface area contributed by atoms with Gasteiger partial charge in [-0.3, -0.25) is 4.79 Å². The summed E-state index contributed by atoms with van der Waals surface area (Å²) in [6, 6.07) is 11.9. The molecule has 1 saturated carbocycles. The predicted molar refractivity (Wildman–Crippen MR) is 139 cm³/mol. The summed E-state index contributed by atoms with van der Waals surface area (Å²) in [7, 11) is 1.63. The fourth-order valence-electron chi connectivity index (χ4n) is 5.74. The highest BCUT2D eigenvalue weighted by atomic mass is 19.1. The molecule has 1 heterocycles. The number of hydrogen-bond acceptors (Lipinski definition) is 6. The van der Waals surface area contributed by atoms with Gasteiger partial charge in [-0.2, -0.15) is 0 Å². The zero-order valence-corrected chi connectivity index (χ0v) is 21.7. The van der Waals surface area contributed by atoms with E-state index in [1.165, 1.54) is 6.07 Å². The first-order valence-corrected chi connectivity index (χ1v) is 13.2. The van der Waals surface area contributed by atoms with Gasteiger partial charge in [0.2, 0.25) is 5.91 Å². The number of morpholine rings is 1. The van der Waals surface area contributed by atoms with Gasteiger partial charge in [-0.1, -0.05) is 42.0 Å². The van der Waals surface area contributed by atoms with Crippen molar-refractivity contribution in [2.45, 2.75) is 62.9 Å². The van der Waals surface area contributed by atoms with Crippen molar-refractivity contribution in [2.75, 3.05) is 33.4 Å². The van der Waals surface area contributed by atoms with Crippen LogP contribution in [-0.4, -0.2) is 72.7 Å². The molecule has 2 aromatic rings. The number of aliphatic hydroxyl groups is 2. The molecule has 4 N–H and O–H groups in total. The molecule has 1 amide bonds. The van der Waals surface area contributed by atoms with Crippen LogP contribution in [0.4, 0.5) is 4.39 Å². The van der Waals surface area contributed by atoms with Crippen molar-refractivity contribution in [1.82, 2.24) is 4.90 Å². The lowest BCUT2D eigenvalue weighted by Crippen LogP contribution is -2.55. The predicted octanol–water partition coefficient (Wildman–Crippen LogP) is 3.13. The Bertz CT molecular complexity index is 1070. The van der Waals surface area contributed by atoms with Gasteiger partial charge in [0.25, 0.3) is 0 Å². The van der Waals surface area contributed by atoms with Crippen LogP contribution < -0.4 is 5.73 Å². The average molecular weight is 515 g/mol. The van der Waals surface area contributed by atoms with Crippen LogP contribution >= 0.6 is 0 Å². The molecular weight excluding hydrogens is 475 g/mol. The lowest BCUT2D eigenvalue weighted by molar-refractivity contribution is -0.167. The summed E-state index contributed by atoms with van der Waals surface area (Å²) in [6.07, 6.45) is 1.01. The lowest BCUT2D eigenvalue weighted by Gasteiger charge is -2.43. The Morgan fingerprint density at radius 3 is 2.73 bits per heavy atom. The standard InChI is InChI=1S/C29H39FN2O5/c1-19-7-5-8-20(15-19)27-22(9-6-10-23(27)30)29(35,11-3-4-13-36-2)26-18-32(12-14-37-26)28(34)21-16-24(31)25(33)17-21/h5-10,15,21,24-26,33,35H,3-4,11-14,16-18,31H2,1-2H3/t21-,24+,25-,26+,29-/m0/s1. The molecule has 0 spiro atoms. The number of methoxy groups -OCH3 is 1. The second kappa shape index (κ2) is 12.0. The number of hydrogen-bond donors (Lipinski definition) is 3. The van der Waals surface area contributed by atoms with Crippen LogP contribution in [0.1, 0.15) is 43.2 Å². The highest BCUT2D eigenvalue weighted by molar-refractivity contribution is 5.79. The second-order valence-corrected chi connectivity index (χ2v) is 10.4. The van der Waals surface area contributed by atoms with Crippen molar-refractivity contribution in [1.29, 1.82) is 0 Å². The molecule has 1 saturated heterocycles. The van der Waals surface area contributed by atoms with Gasteiger partial charge < -0.3 is 30.3 Å². The Morgan fingerprint density at radius 1 is 1.24 bits per heavy atom. The molecule has 2 aliphatic rings. The van der Waals surface area contributed by atoms with Crippen molar-refractivity contribution in [3.8, 4) is 11.1 Å². The Hall–Kier alpha value is -2.36. The van der Waals surface area contributed by atoms with E-state index in [1.807, 2.05) is 31.2 Å². The monoisotopic (exact) mass is 514 g/mol. The summed E-state index contributed by atoms with van der Waals surface area (Å²) in [4.78, 5) is 15.0. The van der Waals surface area contributed by atoms with E-state index in [0.717, 1.165) is 12.0 Å². The fraction of sp³-hybridized carbons (Fsp3) is 0.552. The number of ether oxygens (including phenoxy) is 2. The van der Waals surface area contributed by atoms with Crippen LogP contribution in [0.15, 0.2) is 42.5 Å². The Morgan fingerprint density at radius 2 is 2.03 bits per heavy atom. The Kier molecular flexibility index (Phi) is 8.98. The first kappa shape index (κ1) is 27.7. The Balaban J connectivity index is 1.68. The number of aryl methyl sites for hydroxylation is 1. The van der Waals surface area contributed by atoms with E-state index in [2.05, 4.69) is 0 Å². The maximum atomic E-state index is 15.4. The summed E-state index contributed by atoms with van der Waals surface area (Å²) in [6.45, 7) is 3.31. The van der Waals surface area contributed by atoms with Gasteiger partial charge in [0.05, 0.1) is 19.3 Å². The van der Waals surface area contributed by atoms with Crippen molar-refractivity contribution in [3.05, 3.63) is 59.4 Å². The second-order valence-electron chi connectivity index (χ2n) is 10.4. The minimum Gasteiger partial charge on any atom is -0.391 e. The minimum atomic E-state index is -1.54. The van der Waals surface area contributed by atoms with Crippen molar-refractivity contribution < 1.29 is 28.9 Å².